The average Bonchev–Trinajstić information content (AvgIpc) is 2.59. The molecule has 0 aliphatic rings. The molecule has 0 fully saturated rings. The number of rotatable bonds is 3. The Balaban J connectivity index is 0.000000791. The second kappa shape index (κ2) is 7.06. The Morgan fingerprint density at radius 2 is 2.21 bits per heavy atom. The predicted octanol–water partition coefficient (Wildman–Crippen LogP) is 3.10. The topological polar surface area (TPSA) is 30.2 Å². The zero-order valence-electron chi connectivity index (χ0n) is 9.49. The minimum Gasteiger partial charge on any atom is -0.232 e. The first-order valence-corrected chi connectivity index (χ1v) is 4.99. The number of hydrogen-bond acceptors (Lipinski definition) is 2. The largest absolute Gasteiger partial charge is 0.232 e. The second-order valence-electron chi connectivity index (χ2n) is 2.50. The van der Waals surface area contributed by atoms with Crippen molar-refractivity contribution in [1.82, 2.24) is 9.66 Å². The molecule has 3 heteroatoms. The van der Waals surface area contributed by atoms with Gasteiger partial charge in [-0.2, -0.15) is 5.10 Å². The highest BCUT2D eigenvalue weighted by atomic mass is 15.4. The van der Waals surface area contributed by atoms with Gasteiger partial charge in [-0.1, -0.05) is 27.4 Å². The summed E-state index contributed by atoms with van der Waals surface area (Å²) in [5, 5.41) is 4.17. The fourth-order valence-corrected chi connectivity index (χ4v) is 0.905. The maximum absolute atomic E-state index is 4.21. The van der Waals surface area contributed by atoms with Crippen molar-refractivity contribution in [2.24, 2.45) is 5.10 Å². The van der Waals surface area contributed by atoms with Crippen LogP contribution in [0.5, 0.6) is 0 Å². The van der Waals surface area contributed by atoms with Crippen LogP contribution < -0.4 is 0 Å². The lowest BCUT2D eigenvalue weighted by molar-refractivity contribution is 0.862. The van der Waals surface area contributed by atoms with Gasteiger partial charge in [0.25, 0.3) is 0 Å². The monoisotopic (exact) mass is 193 g/mol. The number of aromatic nitrogens is 2. The first kappa shape index (κ1) is 12.6. The van der Waals surface area contributed by atoms with Gasteiger partial charge in [-0.05, 0) is 19.4 Å². The van der Waals surface area contributed by atoms with E-state index < -0.39 is 0 Å². The lowest BCUT2D eigenvalue weighted by atomic mass is 10.5. The van der Waals surface area contributed by atoms with Crippen LogP contribution in [0.1, 0.15) is 38.7 Å². The summed E-state index contributed by atoms with van der Waals surface area (Å²) in [5.74, 6) is 0.789. The summed E-state index contributed by atoms with van der Waals surface area (Å²) < 4.78 is 1.73. The summed E-state index contributed by atoms with van der Waals surface area (Å²) in [7, 11) is 0. The molecule has 0 unspecified atom stereocenters. The van der Waals surface area contributed by atoms with Gasteiger partial charge >= 0.3 is 0 Å². The first-order chi connectivity index (χ1) is 6.77. The van der Waals surface area contributed by atoms with E-state index in [-0.39, 0.29) is 0 Å². The summed E-state index contributed by atoms with van der Waals surface area (Å²) in [4.78, 5) is 4.21. The number of aryl methyl sites for hydroxylation is 1. The molecular formula is C11H19N3. The summed E-state index contributed by atoms with van der Waals surface area (Å²) in [6.45, 7) is 11.6. The summed E-state index contributed by atoms with van der Waals surface area (Å²) in [6, 6.07) is 0. The van der Waals surface area contributed by atoms with E-state index in [0.29, 0.717) is 0 Å². The fourth-order valence-electron chi connectivity index (χ4n) is 0.905. The first-order valence-electron chi connectivity index (χ1n) is 4.99. The molecule has 0 spiro atoms. The fraction of sp³-hybridized carbons (Fsp3) is 0.455. The second-order valence-corrected chi connectivity index (χ2v) is 2.50. The number of imidazole rings is 1. The van der Waals surface area contributed by atoms with Gasteiger partial charge in [0.2, 0.25) is 0 Å². The third-order valence-corrected chi connectivity index (χ3v) is 1.41. The van der Waals surface area contributed by atoms with E-state index in [2.05, 4.69) is 16.7 Å². The van der Waals surface area contributed by atoms with Crippen LogP contribution >= 0.6 is 0 Å². The van der Waals surface area contributed by atoms with Crippen LogP contribution in [0.4, 0.5) is 0 Å². The van der Waals surface area contributed by atoms with E-state index in [9.17, 15) is 0 Å². The van der Waals surface area contributed by atoms with Gasteiger partial charge in [0.05, 0.1) is 11.9 Å². The molecule has 0 bridgehead atoms. The SMILES string of the molecule is C=Cc1nc(C)cn1/N=C\CC.CC. The third-order valence-electron chi connectivity index (χ3n) is 1.41. The highest BCUT2D eigenvalue weighted by molar-refractivity contribution is 5.56. The molecule has 0 saturated carbocycles. The molecule has 3 nitrogen and oxygen atoms in total. The molecule has 0 amide bonds. The Morgan fingerprint density at radius 1 is 1.57 bits per heavy atom. The van der Waals surface area contributed by atoms with Crippen molar-refractivity contribution in [3.63, 3.8) is 0 Å². The summed E-state index contributed by atoms with van der Waals surface area (Å²) in [6.07, 6.45) is 6.34. The highest BCUT2D eigenvalue weighted by Gasteiger charge is 1.97. The Bertz CT molecular complexity index is 297. The molecule has 0 atom stereocenters. The minimum absolute atomic E-state index is 0.789. The van der Waals surface area contributed by atoms with E-state index in [1.807, 2.05) is 40.1 Å². The summed E-state index contributed by atoms with van der Waals surface area (Å²) in [5.41, 5.74) is 0.957. The molecule has 1 rings (SSSR count). The van der Waals surface area contributed by atoms with Gasteiger partial charge < -0.3 is 0 Å². The van der Waals surface area contributed by atoms with Crippen LogP contribution in [0.2, 0.25) is 0 Å². The van der Waals surface area contributed by atoms with Gasteiger partial charge in [0.15, 0.2) is 5.82 Å². The van der Waals surface area contributed by atoms with Crippen LogP contribution in [0.25, 0.3) is 6.08 Å². The third kappa shape index (κ3) is 3.56. The molecule has 1 heterocycles. The van der Waals surface area contributed by atoms with Crippen molar-refractivity contribution in [2.45, 2.75) is 34.1 Å². The van der Waals surface area contributed by atoms with Gasteiger partial charge in [-0.25, -0.2) is 9.66 Å². The number of nitrogens with zero attached hydrogens (tertiary/aromatic N) is 3. The Kier molecular flexibility index (Phi) is 6.37. The van der Waals surface area contributed by atoms with Crippen molar-refractivity contribution >= 4 is 12.3 Å². The van der Waals surface area contributed by atoms with E-state index in [1.165, 1.54) is 0 Å². The van der Waals surface area contributed by atoms with Gasteiger partial charge in [-0.3, -0.25) is 0 Å². The Morgan fingerprint density at radius 3 is 2.71 bits per heavy atom. The highest BCUT2D eigenvalue weighted by Crippen LogP contribution is 2.02. The van der Waals surface area contributed by atoms with E-state index in [4.69, 9.17) is 0 Å². The van der Waals surface area contributed by atoms with Crippen molar-refractivity contribution < 1.29 is 0 Å². The quantitative estimate of drug-likeness (QED) is 0.678. The average molecular weight is 193 g/mol. The zero-order valence-corrected chi connectivity index (χ0v) is 9.49. The molecule has 0 aliphatic heterocycles. The van der Waals surface area contributed by atoms with Crippen LogP contribution in [0.15, 0.2) is 17.9 Å². The molecular weight excluding hydrogens is 174 g/mol. The van der Waals surface area contributed by atoms with Crippen LogP contribution in [-0.2, 0) is 0 Å². The van der Waals surface area contributed by atoms with Crippen molar-refractivity contribution in [1.29, 1.82) is 0 Å². The lowest BCUT2D eigenvalue weighted by Gasteiger charge is -1.93. The van der Waals surface area contributed by atoms with E-state index in [0.717, 1.165) is 17.9 Å². The predicted molar refractivity (Wildman–Crippen MR) is 62.6 cm³/mol. The Labute approximate surface area is 86.2 Å². The van der Waals surface area contributed by atoms with Crippen molar-refractivity contribution in [3.05, 3.63) is 24.3 Å². The maximum atomic E-state index is 4.21. The van der Waals surface area contributed by atoms with E-state index >= 15 is 0 Å². The zero-order chi connectivity index (χ0) is 11.0. The molecule has 1 aromatic rings. The standard InChI is InChI=1S/C9H13N3.C2H6/c1-4-6-10-12-7-8(3)11-9(12)5-2;1-2/h5-7H,2,4H2,1,3H3;1-2H3/b10-6-;. The molecule has 0 aromatic carbocycles. The van der Waals surface area contributed by atoms with Gasteiger partial charge in [0, 0.05) is 6.21 Å². The van der Waals surface area contributed by atoms with Crippen molar-refractivity contribution in [2.75, 3.05) is 0 Å². The normalized spacial score (nSPS) is 9.71. The van der Waals surface area contributed by atoms with Crippen LogP contribution in [-0.4, -0.2) is 15.9 Å². The molecule has 0 saturated heterocycles. The van der Waals surface area contributed by atoms with E-state index in [1.54, 1.807) is 10.8 Å². The smallest absolute Gasteiger partial charge is 0.153 e. The summed E-state index contributed by atoms with van der Waals surface area (Å²) >= 11 is 0. The van der Waals surface area contributed by atoms with Crippen LogP contribution in [0.3, 0.4) is 0 Å². The molecule has 1 aromatic heterocycles. The van der Waals surface area contributed by atoms with Crippen molar-refractivity contribution in [3.8, 4) is 0 Å². The van der Waals surface area contributed by atoms with Gasteiger partial charge in [-0.15, -0.1) is 0 Å². The number of hydrogen-bond donors (Lipinski definition) is 0. The molecule has 14 heavy (non-hydrogen) atoms. The minimum atomic E-state index is 0.789. The molecule has 0 radical (unpaired) electrons. The molecule has 78 valence electrons. The Hall–Kier alpha value is -1.38. The lowest BCUT2D eigenvalue weighted by Crippen LogP contribution is -1.90. The van der Waals surface area contributed by atoms with Gasteiger partial charge in [0.1, 0.15) is 0 Å². The molecule has 0 aliphatic carbocycles. The van der Waals surface area contributed by atoms with Crippen LogP contribution in [0, 0.1) is 6.92 Å². The maximum Gasteiger partial charge on any atom is 0.153 e. The molecule has 0 N–H and O–H groups in total.